The number of hydrogen-bond acceptors (Lipinski definition) is 3. The summed E-state index contributed by atoms with van der Waals surface area (Å²) >= 11 is 0. The van der Waals surface area contributed by atoms with Gasteiger partial charge >= 0.3 is 12.0 Å². The maximum absolute atomic E-state index is 11.7. The van der Waals surface area contributed by atoms with Gasteiger partial charge in [-0.2, -0.15) is 5.26 Å². The first kappa shape index (κ1) is 12.9. The van der Waals surface area contributed by atoms with Crippen LogP contribution < -0.4 is 10.6 Å². The molecule has 98 valence electrons. The van der Waals surface area contributed by atoms with Crippen molar-refractivity contribution in [1.82, 2.24) is 5.32 Å². The molecule has 1 saturated carbocycles. The van der Waals surface area contributed by atoms with Crippen LogP contribution in [0.15, 0.2) is 24.3 Å². The summed E-state index contributed by atoms with van der Waals surface area (Å²) in [6.45, 7) is 0. The van der Waals surface area contributed by atoms with Crippen molar-refractivity contribution in [3.63, 3.8) is 0 Å². The van der Waals surface area contributed by atoms with Crippen LogP contribution in [0.25, 0.3) is 0 Å². The Balaban J connectivity index is 1.96. The Morgan fingerprint density at radius 1 is 1.42 bits per heavy atom. The van der Waals surface area contributed by atoms with E-state index in [0.29, 0.717) is 11.3 Å². The monoisotopic (exact) mass is 259 g/mol. The lowest BCUT2D eigenvalue weighted by atomic mass is 10.2. The number of amides is 2. The molecule has 0 radical (unpaired) electrons. The molecule has 1 fully saturated rings. The number of nitriles is 1. The molecule has 2 rings (SSSR count). The van der Waals surface area contributed by atoms with Gasteiger partial charge in [0.1, 0.15) is 6.04 Å². The van der Waals surface area contributed by atoms with Crippen LogP contribution in [-0.4, -0.2) is 23.1 Å². The molecular formula is C13H13N3O3. The van der Waals surface area contributed by atoms with Gasteiger partial charge in [-0.1, -0.05) is 6.07 Å². The number of nitrogens with one attached hydrogen (secondary N) is 2. The summed E-state index contributed by atoms with van der Waals surface area (Å²) in [6, 6.07) is 6.95. The van der Waals surface area contributed by atoms with Crippen molar-refractivity contribution < 1.29 is 14.7 Å². The molecular weight excluding hydrogens is 246 g/mol. The first-order chi connectivity index (χ1) is 9.10. The van der Waals surface area contributed by atoms with Gasteiger partial charge in [-0.3, -0.25) is 0 Å². The number of benzene rings is 1. The smallest absolute Gasteiger partial charge is 0.326 e. The number of carboxylic acids is 1. The summed E-state index contributed by atoms with van der Waals surface area (Å²) in [5, 5.41) is 22.7. The first-order valence-electron chi connectivity index (χ1n) is 5.90. The Morgan fingerprint density at radius 3 is 2.74 bits per heavy atom. The number of carbonyl (C=O) groups is 2. The predicted molar refractivity (Wildman–Crippen MR) is 67.5 cm³/mol. The second-order valence-electron chi connectivity index (χ2n) is 4.44. The molecule has 3 N–H and O–H groups in total. The summed E-state index contributed by atoms with van der Waals surface area (Å²) in [5.41, 5.74) is 0.881. The van der Waals surface area contributed by atoms with Crippen LogP contribution in [0.5, 0.6) is 0 Å². The van der Waals surface area contributed by atoms with Gasteiger partial charge in [-0.25, -0.2) is 9.59 Å². The maximum atomic E-state index is 11.7. The lowest BCUT2D eigenvalue weighted by Crippen LogP contribution is -2.44. The number of rotatable bonds is 4. The Kier molecular flexibility index (Phi) is 3.66. The second kappa shape index (κ2) is 5.40. The number of carboxylic acid groups (broad SMARTS) is 1. The quantitative estimate of drug-likeness (QED) is 0.763. The molecule has 0 heterocycles. The molecule has 19 heavy (non-hydrogen) atoms. The van der Waals surface area contributed by atoms with Gasteiger partial charge in [-0.15, -0.1) is 0 Å². The van der Waals surface area contributed by atoms with E-state index >= 15 is 0 Å². The summed E-state index contributed by atoms with van der Waals surface area (Å²) < 4.78 is 0. The van der Waals surface area contributed by atoms with Gasteiger partial charge < -0.3 is 15.7 Å². The molecule has 0 bridgehead atoms. The lowest BCUT2D eigenvalue weighted by molar-refractivity contribution is -0.139. The van der Waals surface area contributed by atoms with E-state index < -0.39 is 18.0 Å². The largest absolute Gasteiger partial charge is 0.480 e. The number of urea groups is 1. The van der Waals surface area contributed by atoms with Crippen molar-refractivity contribution >= 4 is 17.7 Å². The van der Waals surface area contributed by atoms with Gasteiger partial charge in [0.15, 0.2) is 0 Å². The highest BCUT2D eigenvalue weighted by molar-refractivity contribution is 5.92. The summed E-state index contributed by atoms with van der Waals surface area (Å²) in [6.07, 6.45) is 1.64. The van der Waals surface area contributed by atoms with E-state index in [-0.39, 0.29) is 5.92 Å². The standard InChI is InChI=1S/C13H13N3O3/c14-7-8-2-1-3-10(6-8)15-13(19)16-11(12(17)18)9-4-5-9/h1-3,6,9,11H,4-5H2,(H,17,18)(H2,15,16,19). The second-order valence-corrected chi connectivity index (χ2v) is 4.44. The van der Waals surface area contributed by atoms with Crippen molar-refractivity contribution in [3.8, 4) is 6.07 Å². The normalized spacial score (nSPS) is 15.1. The summed E-state index contributed by atoms with van der Waals surface area (Å²) in [4.78, 5) is 22.7. The van der Waals surface area contributed by atoms with Crippen LogP contribution in [-0.2, 0) is 4.79 Å². The first-order valence-corrected chi connectivity index (χ1v) is 5.90. The van der Waals surface area contributed by atoms with Crippen molar-refractivity contribution in [1.29, 1.82) is 5.26 Å². The Bertz CT molecular complexity index is 546. The third-order valence-corrected chi connectivity index (χ3v) is 2.90. The minimum absolute atomic E-state index is 0.0219. The molecule has 6 nitrogen and oxygen atoms in total. The van der Waals surface area contributed by atoms with Crippen molar-refractivity contribution in [2.24, 2.45) is 5.92 Å². The summed E-state index contributed by atoms with van der Waals surface area (Å²) in [5.74, 6) is -1.00. The Labute approximate surface area is 110 Å². The minimum atomic E-state index is -1.02. The topological polar surface area (TPSA) is 102 Å². The van der Waals surface area contributed by atoms with Crippen molar-refractivity contribution in [2.45, 2.75) is 18.9 Å². The van der Waals surface area contributed by atoms with Crippen LogP contribution in [0.4, 0.5) is 10.5 Å². The molecule has 0 spiro atoms. The fourth-order valence-electron chi connectivity index (χ4n) is 1.79. The van der Waals surface area contributed by atoms with E-state index in [4.69, 9.17) is 10.4 Å². The molecule has 1 atom stereocenters. The zero-order valence-electron chi connectivity index (χ0n) is 10.1. The highest BCUT2D eigenvalue weighted by Gasteiger charge is 2.37. The molecule has 0 saturated heterocycles. The maximum Gasteiger partial charge on any atom is 0.326 e. The minimum Gasteiger partial charge on any atom is -0.480 e. The van der Waals surface area contributed by atoms with E-state index in [1.165, 1.54) is 6.07 Å². The highest BCUT2D eigenvalue weighted by atomic mass is 16.4. The number of nitrogens with zero attached hydrogens (tertiary/aromatic N) is 1. The van der Waals surface area contributed by atoms with Crippen LogP contribution >= 0.6 is 0 Å². The summed E-state index contributed by atoms with van der Waals surface area (Å²) in [7, 11) is 0. The lowest BCUT2D eigenvalue weighted by Gasteiger charge is -2.14. The van der Waals surface area contributed by atoms with Crippen molar-refractivity contribution in [3.05, 3.63) is 29.8 Å². The van der Waals surface area contributed by atoms with Crippen LogP contribution in [0.2, 0.25) is 0 Å². The average Bonchev–Trinajstić information content (AvgIpc) is 3.20. The molecule has 1 aliphatic rings. The van der Waals surface area contributed by atoms with E-state index in [0.717, 1.165) is 12.8 Å². The highest BCUT2D eigenvalue weighted by Crippen LogP contribution is 2.32. The third kappa shape index (κ3) is 3.45. The van der Waals surface area contributed by atoms with Crippen molar-refractivity contribution in [2.75, 3.05) is 5.32 Å². The van der Waals surface area contributed by atoms with E-state index in [1.54, 1.807) is 18.2 Å². The zero-order valence-corrected chi connectivity index (χ0v) is 10.1. The van der Waals surface area contributed by atoms with Gasteiger partial charge in [0.05, 0.1) is 11.6 Å². The van der Waals surface area contributed by atoms with Gasteiger partial charge in [0.25, 0.3) is 0 Å². The number of aliphatic carboxylic acids is 1. The fourth-order valence-corrected chi connectivity index (χ4v) is 1.79. The average molecular weight is 259 g/mol. The molecule has 0 aliphatic heterocycles. The Hall–Kier alpha value is -2.55. The molecule has 1 aliphatic carbocycles. The molecule has 1 aromatic rings. The van der Waals surface area contributed by atoms with Gasteiger partial charge in [0, 0.05) is 5.69 Å². The van der Waals surface area contributed by atoms with Gasteiger partial charge in [0.2, 0.25) is 0 Å². The Morgan fingerprint density at radius 2 is 2.16 bits per heavy atom. The number of hydrogen-bond donors (Lipinski definition) is 3. The number of anilines is 1. The number of carbonyl (C=O) groups excluding carboxylic acids is 1. The van der Waals surface area contributed by atoms with E-state index in [2.05, 4.69) is 10.6 Å². The molecule has 0 aromatic heterocycles. The van der Waals surface area contributed by atoms with Crippen LogP contribution in [0.1, 0.15) is 18.4 Å². The van der Waals surface area contributed by atoms with E-state index in [1.807, 2.05) is 6.07 Å². The zero-order chi connectivity index (χ0) is 13.8. The SMILES string of the molecule is N#Cc1cccc(NC(=O)NC(C(=O)O)C2CC2)c1. The van der Waals surface area contributed by atoms with Crippen LogP contribution in [0.3, 0.4) is 0 Å². The van der Waals surface area contributed by atoms with E-state index in [9.17, 15) is 9.59 Å². The fraction of sp³-hybridized carbons (Fsp3) is 0.308. The third-order valence-electron chi connectivity index (χ3n) is 2.90. The molecule has 2 amide bonds. The predicted octanol–water partition coefficient (Wildman–Crippen LogP) is 1.54. The molecule has 1 unspecified atom stereocenters. The van der Waals surface area contributed by atoms with Gasteiger partial charge in [-0.05, 0) is 37.0 Å². The van der Waals surface area contributed by atoms with Crippen LogP contribution in [0, 0.1) is 17.2 Å². The molecule has 1 aromatic carbocycles. The molecule has 6 heteroatoms.